The van der Waals surface area contributed by atoms with Crippen LogP contribution in [0.1, 0.15) is 18.2 Å². The predicted octanol–water partition coefficient (Wildman–Crippen LogP) is 2.65. The van der Waals surface area contributed by atoms with Gasteiger partial charge in [-0.25, -0.2) is 0 Å². The lowest BCUT2D eigenvalue weighted by atomic mass is 10.1. The number of hydrogen-bond acceptors (Lipinski definition) is 4. The second-order valence-electron chi connectivity index (χ2n) is 5.33. The number of benzene rings is 1. The van der Waals surface area contributed by atoms with Gasteiger partial charge in [-0.3, -0.25) is 14.8 Å². The van der Waals surface area contributed by atoms with Gasteiger partial charge in [0, 0.05) is 24.3 Å². The summed E-state index contributed by atoms with van der Waals surface area (Å²) in [5.74, 6) is -0.0222. The summed E-state index contributed by atoms with van der Waals surface area (Å²) < 4.78 is 1.53. The van der Waals surface area contributed by atoms with Crippen molar-refractivity contribution in [3.8, 4) is 5.75 Å². The minimum absolute atomic E-state index is 0.0222. The van der Waals surface area contributed by atoms with E-state index in [2.05, 4.69) is 9.98 Å². The Kier molecular flexibility index (Phi) is 3.93. The molecule has 116 valence electrons. The van der Waals surface area contributed by atoms with Crippen molar-refractivity contribution in [2.24, 2.45) is 12.0 Å². The second kappa shape index (κ2) is 6.04. The maximum absolute atomic E-state index is 12.6. The highest BCUT2D eigenvalue weighted by Crippen LogP contribution is 2.26. The molecule has 0 saturated heterocycles. The summed E-state index contributed by atoms with van der Waals surface area (Å²) in [6.45, 7) is 2.09. The normalized spacial score (nSPS) is 11.8. The van der Waals surface area contributed by atoms with E-state index in [1.807, 2.05) is 30.3 Å². The number of aromatic hydroxyl groups is 1. The monoisotopic (exact) mass is 307 g/mol. The van der Waals surface area contributed by atoms with Crippen molar-refractivity contribution in [1.82, 2.24) is 9.55 Å². The Balaban J connectivity index is 2.10. The highest BCUT2D eigenvalue weighted by Gasteiger charge is 2.16. The number of rotatable bonds is 3. The topological polar surface area (TPSA) is 67.5 Å². The van der Waals surface area contributed by atoms with Crippen LogP contribution in [-0.4, -0.2) is 20.4 Å². The zero-order chi connectivity index (χ0) is 16.4. The molecule has 3 aromatic rings. The van der Waals surface area contributed by atoms with Gasteiger partial charge >= 0.3 is 0 Å². The average Bonchev–Trinajstić information content (AvgIpc) is 2.59. The summed E-state index contributed by atoms with van der Waals surface area (Å²) in [6, 6.07) is 12.9. The first-order valence-corrected chi connectivity index (χ1v) is 7.31. The van der Waals surface area contributed by atoms with Crippen molar-refractivity contribution in [2.45, 2.75) is 13.5 Å². The molecule has 23 heavy (non-hydrogen) atoms. The lowest BCUT2D eigenvalue weighted by Crippen LogP contribution is -2.24. The Hall–Kier alpha value is -2.95. The molecular formula is C18H17N3O2. The molecule has 0 aliphatic rings. The van der Waals surface area contributed by atoms with E-state index in [0.29, 0.717) is 23.2 Å². The van der Waals surface area contributed by atoms with Gasteiger partial charge in [-0.1, -0.05) is 18.2 Å². The Labute approximate surface area is 133 Å². The fourth-order valence-electron chi connectivity index (χ4n) is 2.58. The number of aryl methyl sites for hydroxylation is 1. The number of hydrogen-bond donors (Lipinski definition) is 1. The summed E-state index contributed by atoms with van der Waals surface area (Å²) >= 11 is 0. The van der Waals surface area contributed by atoms with Crippen LogP contribution in [-0.2, 0) is 13.6 Å². The van der Waals surface area contributed by atoms with Crippen molar-refractivity contribution in [3.05, 3.63) is 70.3 Å². The van der Waals surface area contributed by atoms with E-state index in [0.717, 1.165) is 5.69 Å². The van der Waals surface area contributed by atoms with Gasteiger partial charge in [0.1, 0.15) is 11.3 Å². The molecule has 5 nitrogen and oxygen atoms in total. The van der Waals surface area contributed by atoms with Crippen LogP contribution in [0.25, 0.3) is 10.9 Å². The van der Waals surface area contributed by atoms with Crippen LogP contribution in [0.15, 0.2) is 58.4 Å². The van der Waals surface area contributed by atoms with Gasteiger partial charge in [-0.15, -0.1) is 0 Å². The molecule has 0 amide bonds. The first-order valence-electron chi connectivity index (χ1n) is 7.31. The molecule has 0 saturated carbocycles. The average molecular weight is 307 g/mol. The van der Waals surface area contributed by atoms with Gasteiger partial charge in [-0.2, -0.15) is 0 Å². The Morgan fingerprint density at radius 2 is 1.96 bits per heavy atom. The van der Waals surface area contributed by atoms with Crippen LogP contribution in [0.2, 0.25) is 0 Å². The first kappa shape index (κ1) is 15.0. The van der Waals surface area contributed by atoms with Crippen molar-refractivity contribution >= 4 is 16.6 Å². The number of nitrogens with zero attached hydrogens (tertiary/aromatic N) is 3. The number of aliphatic imine (C=N–C) groups is 1. The maximum atomic E-state index is 12.6. The van der Waals surface area contributed by atoms with E-state index in [1.54, 1.807) is 32.3 Å². The highest BCUT2D eigenvalue weighted by molar-refractivity contribution is 6.05. The largest absolute Gasteiger partial charge is 0.506 e. The molecule has 2 aromatic heterocycles. The molecule has 5 heteroatoms. The summed E-state index contributed by atoms with van der Waals surface area (Å²) in [4.78, 5) is 21.2. The number of pyridine rings is 2. The van der Waals surface area contributed by atoms with Gasteiger partial charge in [-0.05, 0) is 31.2 Å². The quantitative estimate of drug-likeness (QED) is 0.756. The first-order chi connectivity index (χ1) is 11.1. The van der Waals surface area contributed by atoms with Crippen molar-refractivity contribution in [2.75, 3.05) is 0 Å². The van der Waals surface area contributed by atoms with Gasteiger partial charge < -0.3 is 9.67 Å². The van der Waals surface area contributed by atoms with Crippen molar-refractivity contribution in [1.29, 1.82) is 0 Å². The zero-order valence-corrected chi connectivity index (χ0v) is 13.0. The molecule has 0 fully saturated rings. The van der Waals surface area contributed by atoms with E-state index < -0.39 is 0 Å². The minimum atomic E-state index is -0.261. The molecule has 0 spiro atoms. The molecule has 0 radical (unpaired) electrons. The predicted molar refractivity (Wildman–Crippen MR) is 91.0 cm³/mol. The van der Waals surface area contributed by atoms with Gasteiger partial charge in [0.15, 0.2) is 0 Å². The standard InChI is InChI=1S/C18H17N3O2/c1-12(20-11-13-7-5-6-10-19-13)16-17(22)14-8-3-4-9-15(14)21(2)18(16)23/h3-10,22H,11H2,1-2H3. The van der Waals surface area contributed by atoms with E-state index in [1.165, 1.54) is 4.57 Å². The van der Waals surface area contributed by atoms with Crippen LogP contribution in [0, 0.1) is 0 Å². The second-order valence-corrected chi connectivity index (χ2v) is 5.33. The van der Waals surface area contributed by atoms with Crippen LogP contribution >= 0.6 is 0 Å². The maximum Gasteiger partial charge on any atom is 0.263 e. The third-order valence-corrected chi connectivity index (χ3v) is 3.84. The fourth-order valence-corrected chi connectivity index (χ4v) is 2.58. The third kappa shape index (κ3) is 2.73. The van der Waals surface area contributed by atoms with Crippen LogP contribution < -0.4 is 5.56 Å². The lowest BCUT2D eigenvalue weighted by molar-refractivity contribution is 0.478. The molecular weight excluding hydrogens is 290 g/mol. The van der Waals surface area contributed by atoms with Crippen LogP contribution in [0.5, 0.6) is 5.75 Å². The molecule has 0 bridgehead atoms. The SMILES string of the molecule is CC(=NCc1ccccn1)c1c(O)c2ccccc2n(C)c1=O. The zero-order valence-electron chi connectivity index (χ0n) is 13.0. The van der Waals surface area contributed by atoms with Crippen molar-refractivity contribution < 1.29 is 5.11 Å². The molecule has 0 unspecified atom stereocenters. The van der Waals surface area contributed by atoms with Crippen LogP contribution in [0.3, 0.4) is 0 Å². The molecule has 0 aliphatic heterocycles. The highest BCUT2D eigenvalue weighted by atomic mass is 16.3. The number of fused-ring (bicyclic) bond motifs is 1. The summed E-state index contributed by atoms with van der Waals surface area (Å²) in [7, 11) is 1.69. The fraction of sp³-hybridized carbons (Fsp3) is 0.167. The number of para-hydroxylation sites is 1. The smallest absolute Gasteiger partial charge is 0.263 e. The summed E-state index contributed by atoms with van der Waals surface area (Å²) in [5.41, 5.74) is 1.98. The number of aromatic nitrogens is 2. The van der Waals surface area contributed by atoms with Crippen molar-refractivity contribution in [3.63, 3.8) is 0 Å². The summed E-state index contributed by atoms with van der Waals surface area (Å²) in [6.07, 6.45) is 1.70. The summed E-state index contributed by atoms with van der Waals surface area (Å²) in [5, 5.41) is 11.1. The minimum Gasteiger partial charge on any atom is -0.506 e. The Morgan fingerprint density at radius 1 is 1.22 bits per heavy atom. The molecule has 1 N–H and O–H groups in total. The third-order valence-electron chi connectivity index (χ3n) is 3.84. The van der Waals surface area contributed by atoms with Crippen LogP contribution in [0.4, 0.5) is 0 Å². The van der Waals surface area contributed by atoms with E-state index in [4.69, 9.17) is 0 Å². The molecule has 2 heterocycles. The molecule has 0 atom stereocenters. The van der Waals surface area contributed by atoms with E-state index in [-0.39, 0.29) is 16.9 Å². The van der Waals surface area contributed by atoms with Gasteiger partial charge in [0.05, 0.1) is 17.8 Å². The van der Waals surface area contributed by atoms with E-state index in [9.17, 15) is 9.90 Å². The molecule has 3 rings (SSSR count). The Bertz CT molecular complexity index is 944. The molecule has 0 aliphatic carbocycles. The molecule has 1 aromatic carbocycles. The van der Waals surface area contributed by atoms with Gasteiger partial charge in [0.25, 0.3) is 5.56 Å². The Morgan fingerprint density at radius 3 is 2.70 bits per heavy atom. The van der Waals surface area contributed by atoms with E-state index >= 15 is 0 Å². The van der Waals surface area contributed by atoms with Gasteiger partial charge in [0.2, 0.25) is 0 Å². The lowest BCUT2D eigenvalue weighted by Gasteiger charge is -2.11.